The molecule has 124 valence electrons. The first-order chi connectivity index (χ1) is 11.7. The lowest BCUT2D eigenvalue weighted by Gasteiger charge is -2.57. The van der Waals surface area contributed by atoms with Crippen molar-refractivity contribution in [2.75, 3.05) is 22.9 Å². The second kappa shape index (κ2) is 5.13. The van der Waals surface area contributed by atoms with Gasteiger partial charge in [-0.3, -0.25) is 0 Å². The van der Waals surface area contributed by atoms with Crippen molar-refractivity contribution in [1.82, 2.24) is 19.9 Å². The van der Waals surface area contributed by atoms with Gasteiger partial charge >= 0.3 is 0 Å². The molecule has 4 fully saturated rings. The van der Waals surface area contributed by atoms with Crippen LogP contribution in [-0.2, 0) is 0 Å². The zero-order valence-corrected chi connectivity index (χ0v) is 14.2. The van der Waals surface area contributed by atoms with Gasteiger partial charge in [-0.2, -0.15) is 0 Å². The van der Waals surface area contributed by atoms with Crippen LogP contribution in [0.2, 0.25) is 0 Å². The van der Waals surface area contributed by atoms with Gasteiger partial charge in [-0.05, 0) is 33.1 Å². The summed E-state index contributed by atoms with van der Waals surface area (Å²) in [5.41, 5.74) is 3.49. The minimum atomic E-state index is 0.528. The molecule has 6 rings (SSSR count). The fourth-order valence-electron chi connectivity index (χ4n) is 4.11. The molecule has 0 spiro atoms. The van der Waals surface area contributed by atoms with E-state index in [4.69, 9.17) is 0 Å². The van der Waals surface area contributed by atoms with Gasteiger partial charge in [0, 0.05) is 42.0 Å². The number of anilines is 2. The molecule has 0 radical (unpaired) electrons. The number of hydrogen-bond donors (Lipinski definition) is 0. The summed E-state index contributed by atoms with van der Waals surface area (Å²) >= 11 is 0. The molecule has 2 aromatic rings. The Morgan fingerprint density at radius 2 is 1.71 bits per heavy atom. The lowest BCUT2D eigenvalue weighted by molar-refractivity contribution is 0.287. The van der Waals surface area contributed by atoms with Crippen molar-refractivity contribution in [3.63, 3.8) is 0 Å². The molecule has 0 N–H and O–H groups in total. The molecule has 6 heteroatoms. The predicted molar refractivity (Wildman–Crippen MR) is 92.4 cm³/mol. The summed E-state index contributed by atoms with van der Waals surface area (Å²) in [6.07, 6.45) is 7.24. The number of hydrogen-bond acceptors (Lipinski definition) is 6. The molecule has 3 saturated heterocycles. The van der Waals surface area contributed by atoms with E-state index >= 15 is 0 Å². The minimum Gasteiger partial charge on any atom is -0.352 e. The highest BCUT2D eigenvalue weighted by atomic mass is 15.4. The van der Waals surface area contributed by atoms with Crippen molar-refractivity contribution in [3.05, 3.63) is 35.7 Å². The summed E-state index contributed by atoms with van der Waals surface area (Å²) in [7, 11) is 0. The van der Waals surface area contributed by atoms with Crippen LogP contribution in [0, 0.1) is 13.8 Å². The van der Waals surface area contributed by atoms with Crippen molar-refractivity contribution in [2.45, 2.75) is 51.1 Å². The summed E-state index contributed by atoms with van der Waals surface area (Å²) in [5.74, 6) is 2.89. The van der Waals surface area contributed by atoms with E-state index in [1.165, 1.54) is 30.5 Å². The van der Waals surface area contributed by atoms with Crippen LogP contribution in [0.4, 0.5) is 11.6 Å². The quantitative estimate of drug-likeness (QED) is 0.864. The second-order valence-corrected chi connectivity index (χ2v) is 7.34. The normalized spacial score (nSPS) is 25.6. The average molecular weight is 322 g/mol. The van der Waals surface area contributed by atoms with Gasteiger partial charge in [0.05, 0.1) is 12.1 Å². The molecule has 0 aromatic carbocycles. The van der Waals surface area contributed by atoms with Gasteiger partial charge in [-0.25, -0.2) is 19.9 Å². The van der Waals surface area contributed by atoms with Crippen LogP contribution in [0.1, 0.15) is 42.1 Å². The molecular formula is C18H22N6. The molecule has 2 aromatic heterocycles. The topological polar surface area (TPSA) is 58.0 Å². The smallest absolute Gasteiger partial charge is 0.135 e. The zero-order valence-electron chi connectivity index (χ0n) is 14.2. The maximum absolute atomic E-state index is 4.55. The summed E-state index contributed by atoms with van der Waals surface area (Å²) in [4.78, 5) is 22.7. The molecule has 2 bridgehead atoms. The molecule has 6 nitrogen and oxygen atoms in total. The Kier molecular flexibility index (Phi) is 3.02. The standard InChI is InChI=1S/C18H22N6/c1-11-12(2)19-9-22-18(11)23-7-14-5-15(8-23)24(14)17-6-16(13-3-4-13)20-10-21-17/h6,9-10,13-15H,3-5,7-8H2,1-2H3. The Bertz CT molecular complexity index is 775. The van der Waals surface area contributed by atoms with E-state index in [1.807, 2.05) is 0 Å². The number of rotatable bonds is 3. The van der Waals surface area contributed by atoms with Crippen LogP contribution in [0.3, 0.4) is 0 Å². The summed E-state index contributed by atoms with van der Waals surface area (Å²) in [6, 6.07) is 3.27. The first-order valence-electron chi connectivity index (χ1n) is 8.84. The molecule has 2 unspecified atom stereocenters. The second-order valence-electron chi connectivity index (χ2n) is 7.34. The van der Waals surface area contributed by atoms with Gasteiger partial charge in [0.1, 0.15) is 24.3 Å². The third-order valence-corrected chi connectivity index (χ3v) is 5.74. The molecule has 0 amide bonds. The Morgan fingerprint density at radius 1 is 0.958 bits per heavy atom. The Balaban J connectivity index is 1.37. The number of aromatic nitrogens is 4. The molecule has 4 aliphatic rings. The van der Waals surface area contributed by atoms with Gasteiger partial charge in [0.25, 0.3) is 0 Å². The van der Waals surface area contributed by atoms with Crippen LogP contribution in [-0.4, -0.2) is 45.1 Å². The number of piperazine rings is 1. The lowest BCUT2D eigenvalue weighted by atomic mass is 9.87. The molecule has 3 aliphatic heterocycles. The van der Waals surface area contributed by atoms with Crippen LogP contribution in [0.5, 0.6) is 0 Å². The number of piperidine rings is 1. The molecular weight excluding hydrogens is 300 g/mol. The average Bonchev–Trinajstić information content (AvgIpc) is 3.43. The Hall–Kier alpha value is -2.24. The monoisotopic (exact) mass is 322 g/mol. The fraction of sp³-hybridized carbons (Fsp3) is 0.556. The fourth-order valence-corrected chi connectivity index (χ4v) is 4.11. The van der Waals surface area contributed by atoms with Crippen LogP contribution in [0.15, 0.2) is 18.7 Å². The third-order valence-electron chi connectivity index (χ3n) is 5.74. The SMILES string of the molecule is Cc1ncnc(N2CC3CC(C2)N3c2cc(C3CC3)ncn2)c1C. The van der Waals surface area contributed by atoms with Crippen molar-refractivity contribution >= 4 is 11.6 Å². The Morgan fingerprint density at radius 3 is 2.46 bits per heavy atom. The maximum Gasteiger partial charge on any atom is 0.135 e. The number of aryl methyl sites for hydroxylation is 1. The van der Waals surface area contributed by atoms with E-state index in [1.54, 1.807) is 12.7 Å². The maximum atomic E-state index is 4.55. The van der Waals surface area contributed by atoms with Gasteiger partial charge < -0.3 is 9.80 Å². The highest BCUT2D eigenvalue weighted by molar-refractivity contribution is 5.55. The van der Waals surface area contributed by atoms with E-state index in [0.717, 1.165) is 30.4 Å². The van der Waals surface area contributed by atoms with E-state index in [0.29, 0.717) is 18.0 Å². The molecule has 1 saturated carbocycles. The summed E-state index contributed by atoms with van der Waals surface area (Å²) < 4.78 is 0. The van der Waals surface area contributed by atoms with E-state index in [2.05, 4.69) is 49.6 Å². The van der Waals surface area contributed by atoms with Gasteiger partial charge in [-0.1, -0.05) is 0 Å². The Labute approximate surface area is 142 Å². The summed E-state index contributed by atoms with van der Waals surface area (Å²) in [5, 5.41) is 0. The van der Waals surface area contributed by atoms with E-state index in [-0.39, 0.29) is 0 Å². The van der Waals surface area contributed by atoms with Crippen molar-refractivity contribution < 1.29 is 0 Å². The van der Waals surface area contributed by atoms with Gasteiger partial charge in [0.15, 0.2) is 0 Å². The van der Waals surface area contributed by atoms with Crippen LogP contribution < -0.4 is 9.80 Å². The van der Waals surface area contributed by atoms with Crippen molar-refractivity contribution in [2.24, 2.45) is 0 Å². The molecule has 1 aliphatic carbocycles. The number of fused-ring (bicyclic) bond motifs is 2. The zero-order chi connectivity index (χ0) is 16.3. The van der Waals surface area contributed by atoms with Gasteiger partial charge in [0.2, 0.25) is 0 Å². The van der Waals surface area contributed by atoms with Crippen molar-refractivity contribution in [3.8, 4) is 0 Å². The first-order valence-corrected chi connectivity index (χ1v) is 8.84. The highest BCUT2D eigenvalue weighted by Gasteiger charge is 2.46. The highest BCUT2D eigenvalue weighted by Crippen LogP contribution is 2.42. The minimum absolute atomic E-state index is 0.528. The predicted octanol–water partition coefficient (Wildman–Crippen LogP) is 2.23. The first kappa shape index (κ1) is 14.1. The summed E-state index contributed by atoms with van der Waals surface area (Å²) in [6.45, 7) is 6.19. The number of nitrogens with zero attached hydrogens (tertiary/aromatic N) is 6. The van der Waals surface area contributed by atoms with Crippen LogP contribution in [0.25, 0.3) is 0 Å². The third kappa shape index (κ3) is 2.16. The largest absolute Gasteiger partial charge is 0.352 e. The van der Waals surface area contributed by atoms with E-state index < -0.39 is 0 Å². The van der Waals surface area contributed by atoms with Crippen molar-refractivity contribution in [1.29, 1.82) is 0 Å². The van der Waals surface area contributed by atoms with Crippen LogP contribution >= 0.6 is 0 Å². The molecule has 2 atom stereocenters. The molecule has 24 heavy (non-hydrogen) atoms. The lowest BCUT2D eigenvalue weighted by Crippen LogP contribution is -2.69. The van der Waals surface area contributed by atoms with E-state index in [9.17, 15) is 0 Å². The van der Waals surface area contributed by atoms with Gasteiger partial charge in [-0.15, -0.1) is 0 Å². The molecule has 5 heterocycles.